The van der Waals surface area contributed by atoms with Gasteiger partial charge in [0.25, 0.3) is 0 Å². The van der Waals surface area contributed by atoms with Crippen LogP contribution in [0.15, 0.2) is 0 Å². The smallest absolute Gasteiger partial charge is 0.301 e. The zero-order valence-electron chi connectivity index (χ0n) is 12.0. The summed E-state index contributed by atoms with van der Waals surface area (Å²) < 4.78 is 0. The van der Waals surface area contributed by atoms with Crippen molar-refractivity contribution < 1.29 is 14.9 Å². The first-order valence-corrected chi connectivity index (χ1v) is 6.70. The minimum Gasteiger partial charge on any atom is -0.301 e. The van der Waals surface area contributed by atoms with Crippen molar-refractivity contribution in [1.82, 2.24) is 0 Å². The van der Waals surface area contributed by atoms with Crippen LogP contribution in [0.2, 0.25) is 0 Å². The average molecular weight is 244 g/mol. The fourth-order valence-electron chi connectivity index (χ4n) is 2.04. The van der Waals surface area contributed by atoms with Crippen LogP contribution in [-0.4, -0.2) is 11.2 Å². The second-order valence-electron chi connectivity index (χ2n) is 5.98. The van der Waals surface area contributed by atoms with Crippen molar-refractivity contribution in [2.75, 3.05) is 0 Å². The van der Waals surface area contributed by atoms with Crippen LogP contribution < -0.4 is 0 Å². The highest BCUT2D eigenvalue weighted by Gasteiger charge is 2.34. The van der Waals surface area contributed by atoms with Crippen molar-refractivity contribution >= 4 is 5.97 Å². The maximum atomic E-state index is 11.6. The minimum absolute atomic E-state index is 0.113. The summed E-state index contributed by atoms with van der Waals surface area (Å²) in [4.78, 5) is 15.5. The lowest BCUT2D eigenvalue weighted by atomic mass is 9.74. The molecule has 102 valence electrons. The van der Waals surface area contributed by atoms with E-state index in [4.69, 9.17) is 5.26 Å². The van der Waals surface area contributed by atoms with Crippen LogP contribution in [0, 0.1) is 17.3 Å². The summed E-state index contributed by atoms with van der Waals surface area (Å²) in [7, 11) is 0. The molecule has 0 aromatic heterocycles. The predicted octanol–water partition coefficient (Wildman–Crippen LogP) is 4.27. The van der Waals surface area contributed by atoms with Crippen LogP contribution in [0.3, 0.4) is 0 Å². The first-order chi connectivity index (χ1) is 7.85. The fourth-order valence-corrected chi connectivity index (χ4v) is 2.04. The van der Waals surface area contributed by atoms with Crippen LogP contribution in [-0.2, 0) is 9.68 Å². The van der Waals surface area contributed by atoms with Crippen molar-refractivity contribution in [3.05, 3.63) is 0 Å². The average Bonchev–Trinajstić information content (AvgIpc) is 2.27. The van der Waals surface area contributed by atoms with E-state index in [0.717, 1.165) is 25.7 Å². The van der Waals surface area contributed by atoms with Gasteiger partial charge in [0.2, 0.25) is 0 Å². The van der Waals surface area contributed by atoms with E-state index >= 15 is 0 Å². The van der Waals surface area contributed by atoms with Gasteiger partial charge in [0.05, 0.1) is 5.92 Å². The van der Waals surface area contributed by atoms with Gasteiger partial charge < -0.3 is 4.89 Å². The Balaban J connectivity index is 4.27. The lowest BCUT2D eigenvalue weighted by Gasteiger charge is -2.30. The second-order valence-corrected chi connectivity index (χ2v) is 5.98. The molecule has 0 spiro atoms. The second kappa shape index (κ2) is 7.70. The minimum atomic E-state index is -0.485. The zero-order chi connectivity index (χ0) is 13.5. The normalized spacial score (nSPS) is 13.8. The molecular weight excluding hydrogens is 216 g/mol. The van der Waals surface area contributed by atoms with Gasteiger partial charge in [-0.25, -0.2) is 4.79 Å². The molecule has 1 atom stereocenters. The molecule has 0 aliphatic carbocycles. The monoisotopic (exact) mass is 244 g/mol. The Morgan fingerprint density at radius 1 is 1.24 bits per heavy atom. The summed E-state index contributed by atoms with van der Waals surface area (Å²) in [6.07, 6.45) is 5.03. The van der Waals surface area contributed by atoms with E-state index in [0.29, 0.717) is 5.92 Å². The summed E-state index contributed by atoms with van der Waals surface area (Å²) in [5.41, 5.74) is -0.113. The predicted molar refractivity (Wildman–Crippen MR) is 69.6 cm³/mol. The van der Waals surface area contributed by atoms with E-state index < -0.39 is 5.97 Å². The Kier molecular flexibility index (Phi) is 7.44. The summed E-state index contributed by atoms with van der Waals surface area (Å²) in [5, 5.41) is 8.56. The molecule has 0 saturated heterocycles. The van der Waals surface area contributed by atoms with E-state index in [-0.39, 0.29) is 11.3 Å². The maximum absolute atomic E-state index is 11.6. The van der Waals surface area contributed by atoms with Gasteiger partial charge in [0.1, 0.15) is 0 Å². The summed E-state index contributed by atoms with van der Waals surface area (Å²) in [6.45, 7) is 10.6. The lowest BCUT2D eigenvalue weighted by Crippen LogP contribution is -2.31. The third-order valence-electron chi connectivity index (χ3n) is 3.75. The first-order valence-electron chi connectivity index (χ1n) is 6.70. The molecule has 0 fully saturated rings. The van der Waals surface area contributed by atoms with E-state index in [2.05, 4.69) is 39.5 Å². The summed E-state index contributed by atoms with van der Waals surface area (Å²) in [6, 6.07) is 0. The third kappa shape index (κ3) is 6.06. The molecule has 3 nitrogen and oxygen atoms in total. The number of carbonyl (C=O) groups is 1. The van der Waals surface area contributed by atoms with Crippen LogP contribution >= 0.6 is 0 Å². The molecule has 0 aromatic carbocycles. The van der Waals surface area contributed by atoms with Gasteiger partial charge in [-0.3, -0.25) is 0 Å². The molecule has 0 heterocycles. The molecular formula is C14H28O3. The van der Waals surface area contributed by atoms with Crippen LogP contribution in [0.5, 0.6) is 0 Å². The number of carbonyl (C=O) groups excluding carboxylic acids is 1. The summed E-state index contributed by atoms with van der Waals surface area (Å²) >= 11 is 0. The highest BCUT2D eigenvalue weighted by Crippen LogP contribution is 2.35. The molecule has 0 amide bonds. The van der Waals surface area contributed by atoms with Crippen molar-refractivity contribution in [2.45, 2.75) is 66.7 Å². The lowest BCUT2D eigenvalue weighted by molar-refractivity contribution is -0.242. The number of rotatable bonds is 8. The van der Waals surface area contributed by atoms with Crippen LogP contribution in [0.4, 0.5) is 0 Å². The van der Waals surface area contributed by atoms with Crippen molar-refractivity contribution in [3.8, 4) is 0 Å². The molecule has 1 N–H and O–H groups in total. The highest BCUT2D eigenvalue weighted by molar-refractivity contribution is 5.72. The molecule has 17 heavy (non-hydrogen) atoms. The molecule has 0 aromatic rings. The molecule has 1 unspecified atom stereocenters. The highest BCUT2D eigenvalue weighted by atomic mass is 17.1. The topological polar surface area (TPSA) is 46.5 Å². The Hall–Kier alpha value is -0.570. The first kappa shape index (κ1) is 16.4. The zero-order valence-corrected chi connectivity index (χ0v) is 12.0. The van der Waals surface area contributed by atoms with Gasteiger partial charge in [-0.1, -0.05) is 60.3 Å². The SMILES string of the molecule is CCC(C)(C)C(CCCCC(C)C)C(=O)OO. The van der Waals surface area contributed by atoms with Crippen molar-refractivity contribution in [3.63, 3.8) is 0 Å². The van der Waals surface area contributed by atoms with E-state index in [1.165, 1.54) is 6.42 Å². The van der Waals surface area contributed by atoms with E-state index in [1.807, 2.05) is 0 Å². The summed E-state index contributed by atoms with van der Waals surface area (Å²) in [5.74, 6) is 0.0171. The largest absolute Gasteiger partial charge is 0.345 e. The standard InChI is InChI=1S/C14H28O3/c1-6-14(4,5)12(13(15)17-16)10-8-7-9-11(2)3/h11-12,16H,6-10H2,1-5H3. The molecule has 0 radical (unpaired) electrons. The third-order valence-corrected chi connectivity index (χ3v) is 3.75. The quantitative estimate of drug-likeness (QED) is 0.394. The van der Waals surface area contributed by atoms with Crippen molar-refractivity contribution in [2.24, 2.45) is 17.3 Å². The Labute approximate surface area is 105 Å². The molecule has 0 bridgehead atoms. The van der Waals surface area contributed by atoms with E-state index in [9.17, 15) is 4.79 Å². The van der Waals surface area contributed by atoms with Crippen LogP contribution in [0.1, 0.15) is 66.7 Å². The van der Waals surface area contributed by atoms with Gasteiger partial charge >= 0.3 is 5.97 Å². The molecule has 0 aliphatic heterocycles. The van der Waals surface area contributed by atoms with Gasteiger partial charge in [-0.05, 0) is 17.8 Å². The number of hydrogen-bond acceptors (Lipinski definition) is 3. The Morgan fingerprint density at radius 3 is 2.18 bits per heavy atom. The molecule has 0 saturated carbocycles. The number of unbranched alkanes of at least 4 members (excludes halogenated alkanes) is 1. The van der Waals surface area contributed by atoms with Gasteiger partial charge in [0, 0.05) is 0 Å². The van der Waals surface area contributed by atoms with Crippen molar-refractivity contribution in [1.29, 1.82) is 0 Å². The Morgan fingerprint density at radius 2 is 1.76 bits per heavy atom. The van der Waals surface area contributed by atoms with Gasteiger partial charge in [0.15, 0.2) is 0 Å². The van der Waals surface area contributed by atoms with Crippen LogP contribution in [0.25, 0.3) is 0 Å². The van der Waals surface area contributed by atoms with E-state index in [1.54, 1.807) is 0 Å². The fraction of sp³-hybridized carbons (Fsp3) is 0.929. The Bertz CT molecular complexity index is 222. The molecule has 3 heteroatoms. The maximum Gasteiger partial charge on any atom is 0.345 e. The van der Waals surface area contributed by atoms with Gasteiger partial charge in [-0.2, -0.15) is 5.26 Å². The molecule has 0 aliphatic rings. The van der Waals surface area contributed by atoms with Gasteiger partial charge in [-0.15, -0.1) is 0 Å². The number of hydrogen-bond donors (Lipinski definition) is 1. The molecule has 0 rings (SSSR count).